The fraction of sp³-hybridized carbons (Fsp3) is 0.200. The first-order chi connectivity index (χ1) is 16.0. The summed E-state index contributed by atoms with van der Waals surface area (Å²) in [5.41, 5.74) is 5.36. The predicted octanol–water partition coefficient (Wildman–Crippen LogP) is 6.35. The van der Waals surface area contributed by atoms with Crippen molar-refractivity contribution < 1.29 is 14.3 Å². The Kier molecular flexibility index (Phi) is 9.94. The summed E-state index contributed by atoms with van der Waals surface area (Å²) >= 11 is 13.5. The third-order valence-corrected chi connectivity index (χ3v) is 5.82. The molecule has 5 nitrogen and oxygen atoms in total. The Bertz CT molecular complexity index is 1110. The van der Waals surface area contributed by atoms with Gasteiger partial charge in [-0.05, 0) is 66.1 Å². The van der Waals surface area contributed by atoms with Crippen molar-refractivity contribution in [1.82, 2.24) is 5.43 Å². The van der Waals surface area contributed by atoms with Crippen LogP contribution in [0.25, 0.3) is 0 Å². The second kappa shape index (κ2) is 13.1. The number of nitrogens with zero attached hydrogens (tertiary/aromatic N) is 1. The summed E-state index contributed by atoms with van der Waals surface area (Å²) in [6.07, 6.45) is 1.57. The van der Waals surface area contributed by atoms with E-state index in [1.54, 1.807) is 6.21 Å². The Hall–Kier alpha value is -2.67. The van der Waals surface area contributed by atoms with E-state index in [0.29, 0.717) is 46.3 Å². The van der Waals surface area contributed by atoms with E-state index in [4.69, 9.17) is 32.7 Å². The number of halogens is 2. The summed E-state index contributed by atoms with van der Waals surface area (Å²) in [5, 5.41) is 5.40. The van der Waals surface area contributed by atoms with Gasteiger partial charge in [-0.2, -0.15) is 5.10 Å². The zero-order valence-electron chi connectivity index (χ0n) is 18.1. The highest BCUT2D eigenvalue weighted by Crippen LogP contribution is 2.29. The van der Waals surface area contributed by atoms with Gasteiger partial charge in [-0.3, -0.25) is 4.79 Å². The summed E-state index contributed by atoms with van der Waals surface area (Å²) in [6.45, 7) is 2.77. The topological polar surface area (TPSA) is 59.9 Å². The molecule has 3 aromatic rings. The lowest BCUT2D eigenvalue weighted by Crippen LogP contribution is -2.19. The highest BCUT2D eigenvalue weighted by Gasteiger charge is 2.07. The molecule has 0 fully saturated rings. The standard InChI is InChI=1S/C25H24Cl2N2O3S/c1-2-31-24-13-18(9-10-23(24)32-15-19-5-3-7-21(26)11-19)14-28-29-25(30)17-33-16-20-6-4-8-22(27)12-20/h3-14H,2,15-17H2,1H3,(H,29,30)/b28-14+. The highest BCUT2D eigenvalue weighted by atomic mass is 35.5. The normalized spacial score (nSPS) is 10.9. The Morgan fingerprint density at radius 3 is 2.42 bits per heavy atom. The number of benzene rings is 3. The first-order valence-electron chi connectivity index (χ1n) is 10.3. The Morgan fingerprint density at radius 1 is 0.970 bits per heavy atom. The first kappa shape index (κ1) is 25.0. The summed E-state index contributed by atoms with van der Waals surface area (Å²) in [5.74, 6) is 2.04. The maximum absolute atomic E-state index is 12.0. The molecule has 0 aliphatic carbocycles. The van der Waals surface area contributed by atoms with E-state index >= 15 is 0 Å². The molecule has 0 radical (unpaired) electrons. The molecule has 0 saturated carbocycles. The fourth-order valence-electron chi connectivity index (χ4n) is 2.88. The number of carbonyl (C=O) groups is 1. The predicted molar refractivity (Wildman–Crippen MR) is 137 cm³/mol. The van der Waals surface area contributed by atoms with E-state index in [1.165, 1.54) is 11.8 Å². The molecule has 0 spiro atoms. The molecule has 3 rings (SSSR count). The fourth-order valence-corrected chi connectivity index (χ4v) is 4.07. The quantitative estimate of drug-likeness (QED) is 0.245. The van der Waals surface area contributed by atoms with Crippen LogP contribution >= 0.6 is 35.0 Å². The van der Waals surface area contributed by atoms with Crippen LogP contribution in [0, 0.1) is 0 Å². The number of carbonyl (C=O) groups excluding carboxylic acids is 1. The molecule has 0 saturated heterocycles. The van der Waals surface area contributed by atoms with Gasteiger partial charge < -0.3 is 9.47 Å². The third kappa shape index (κ3) is 8.65. The largest absolute Gasteiger partial charge is 0.490 e. The van der Waals surface area contributed by atoms with Crippen molar-refractivity contribution >= 4 is 47.1 Å². The van der Waals surface area contributed by atoms with Gasteiger partial charge in [0.2, 0.25) is 5.91 Å². The molecule has 1 N–H and O–H groups in total. The smallest absolute Gasteiger partial charge is 0.250 e. The van der Waals surface area contributed by atoms with E-state index in [2.05, 4.69) is 10.5 Å². The van der Waals surface area contributed by atoms with E-state index in [-0.39, 0.29) is 5.91 Å². The van der Waals surface area contributed by atoms with Crippen molar-refractivity contribution in [1.29, 1.82) is 0 Å². The van der Waals surface area contributed by atoms with Gasteiger partial charge in [0, 0.05) is 15.8 Å². The number of hydrogen-bond acceptors (Lipinski definition) is 5. The summed E-state index contributed by atoms with van der Waals surface area (Å²) in [4.78, 5) is 12.0. The number of ether oxygens (including phenoxy) is 2. The maximum atomic E-state index is 12.0. The van der Waals surface area contributed by atoms with Crippen LogP contribution in [0.1, 0.15) is 23.6 Å². The van der Waals surface area contributed by atoms with Gasteiger partial charge in [0.25, 0.3) is 0 Å². The van der Waals surface area contributed by atoms with Crippen LogP contribution in [0.15, 0.2) is 71.8 Å². The van der Waals surface area contributed by atoms with Crippen LogP contribution in [0.4, 0.5) is 0 Å². The number of nitrogens with one attached hydrogen (secondary N) is 1. The molecule has 1 amide bonds. The minimum atomic E-state index is -0.176. The number of amides is 1. The molecular weight excluding hydrogens is 479 g/mol. The molecule has 8 heteroatoms. The van der Waals surface area contributed by atoms with Crippen LogP contribution in [-0.2, 0) is 17.2 Å². The lowest BCUT2D eigenvalue weighted by molar-refractivity contribution is -0.118. The summed E-state index contributed by atoms with van der Waals surface area (Å²) in [7, 11) is 0. The molecule has 0 heterocycles. The second-order valence-electron chi connectivity index (χ2n) is 6.97. The number of rotatable bonds is 11. The van der Waals surface area contributed by atoms with E-state index in [1.807, 2.05) is 73.7 Å². The van der Waals surface area contributed by atoms with E-state index in [0.717, 1.165) is 16.7 Å². The van der Waals surface area contributed by atoms with Gasteiger partial charge >= 0.3 is 0 Å². The van der Waals surface area contributed by atoms with Gasteiger partial charge in [-0.15, -0.1) is 11.8 Å². The highest BCUT2D eigenvalue weighted by molar-refractivity contribution is 7.99. The Labute approximate surface area is 208 Å². The van der Waals surface area contributed by atoms with Crippen LogP contribution in [0.3, 0.4) is 0 Å². The van der Waals surface area contributed by atoms with Gasteiger partial charge in [-0.25, -0.2) is 5.43 Å². The average molecular weight is 503 g/mol. The molecule has 0 atom stereocenters. The lowest BCUT2D eigenvalue weighted by atomic mass is 10.2. The second-order valence-corrected chi connectivity index (χ2v) is 8.83. The van der Waals surface area contributed by atoms with Crippen molar-refractivity contribution in [3.63, 3.8) is 0 Å². The molecule has 3 aromatic carbocycles. The van der Waals surface area contributed by atoms with E-state index in [9.17, 15) is 4.79 Å². The van der Waals surface area contributed by atoms with Crippen molar-refractivity contribution in [2.24, 2.45) is 5.10 Å². The number of hydrazone groups is 1. The van der Waals surface area contributed by atoms with Gasteiger partial charge in [0.1, 0.15) is 6.61 Å². The van der Waals surface area contributed by atoms with Crippen LogP contribution in [0.2, 0.25) is 10.0 Å². The third-order valence-electron chi connectivity index (χ3n) is 4.34. The van der Waals surface area contributed by atoms with Gasteiger partial charge in [0.05, 0.1) is 18.6 Å². The van der Waals surface area contributed by atoms with Crippen LogP contribution < -0.4 is 14.9 Å². The number of hydrogen-bond donors (Lipinski definition) is 1. The Morgan fingerprint density at radius 2 is 1.70 bits per heavy atom. The molecular formula is C25H24Cl2N2O3S. The number of thioether (sulfide) groups is 1. The van der Waals surface area contributed by atoms with Crippen LogP contribution in [0.5, 0.6) is 11.5 Å². The average Bonchev–Trinajstić information content (AvgIpc) is 2.79. The molecule has 0 aliphatic rings. The molecule has 0 aromatic heterocycles. The Balaban J connectivity index is 1.50. The SMILES string of the molecule is CCOc1cc(/C=N/NC(=O)CSCc2cccc(Cl)c2)ccc1OCc1cccc(Cl)c1. The molecule has 0 aliphatic heterocycles. The van der Waals surface area contributed by atoms with Gasteiger partial charge in [0.15, 0.2) is 11.5 Å². The van der Waals surface area contributed by atoms with Crippen molar-refractivity contribution in [2.45, 2.75) is 19.3 Å². The zero-order valence-corrected chi connectivity index (χ0v) is 20.4. The zero-order chi connectivity index (χ0) is 23.5. The minimum absolute atomic E-state index is 0.176. The van der Waals surface area contributed by atoms with Crippen molar-refractivity contribution in [3.8, 4) is 11.5 Å². The van der Waals surface area contributed by atoms with Gasteiger partial charge in [-0.1, -0.05) is 47.5 Å². The first-order valence-corrected chi connectivity index (χ1v) is 12.2. The molecule has 33 heavy (non-hydrogen) atoms. The van der Waals surface area contributed by atoms with Crippen molar-refractivity contribution in [2.75, 3.05) is 12.4 Å². The monoisotopic (exact) mass is 502 g/mol. The minimum Gasteiger partial charge on any atom is -0.490 e. The lowest BCUT2D eigenvalue weighted by Gasteiger charge is -2.12. The molecule has 0 unspecified atom stereocenters. The molecule has 0 bridgehead atoms. The summed E-state index contributed by atoms with van der Waals surface area (Å²) in [6, 6.07) is 20.6. The van der Waals surface area contributed by atoms with Crippen molar-refractivity contribution in [3.05, 3.63) is 93.5 Å². The van der Waals surface area contributed by atoms with E-state index < -0.39 is 0 Å². The summed E-state index contributed by atoms with van der Waals surface area (Å²) < 4.78 is 11.6. The van der Waals surface area contributed by atoms with Crippen LogP contribution in [-0.4, -0.2) is 24.5 Å². The maximum Gasteiger partial charge on any atom is 0.250 e. The molecule has 172 valence electrons.